The molecule has 0 aliphatic carbocycles. The normalized spacial score (nSPS) is 22.1. The minimum atomic E-state index is 0.00445. The van der Waals surface area contributed by atoms with Crippen molar-refractivity contribution in [2.24, 2.45) is 10.4 Å². The fourth-order valence-corrected chi connectivity index (χ4v) is 2.98. The smallest absolute Gasteiger partial charge is 0.191 e. The summed E-state index contributed by atoms with van der Waals surface area (Å²) in [5.74, 6) is 0.858. The number of nitrogens with zero attached hydrogens (tertiary/aromatic N) is 2. The number of likely N-dealkylation sites (N-methyl/N-ethyl adjacent to an activating group) is 1. The van der Waals surface area contributed by atoms with Crippen LogP contribution in [0.25, 0.3) is 0 Å². The predicted octanol–water partition coefficient (Wildman–Crippen LogP) is 1.06. The van der Waals surface area contributed by atoms with E-state index in [1.807, 2.05) is 0 Å². The van der Waals surface area contributed by atoms with Gasteiger partial charge in [0.25, 0.3) is 0 Å². The number of aliphatic hydroxyl groups excluding tert-OH is 1. The molecule has 136 valence electrons. The fraction of sp³-hybridized carbons (Fsp3) is 0.941. The average molecular weight is 329 g/mol. The van der Waals surface area contributed by atoms with Crippen LogP contribution in [0.5, 0.6) is 0 Å². The van der Waals surface area contributed by atoms with Crippen molar-refractivity contribution in [3.05, 3.63) is 0 Å². The van der Waals surface area contributed by atoms with E-state index in [-0.39, 0.29) is 12.0 Å². The minimum Gasteiger partial charge on any atom is -0.396 e. The molecule has 1 heterocycles. The third-order valence-corrected chi connectivity index (χ3v) is 4.57. The standard InChI is InChI=1S/C17H36N4O2/c1-5-18-16(19-9-10-21(6-2)15(3)4)20-13-17(7-11-22)8-12-23-14-17/h15,22H,5-14H2,1-4H3,(H2,18,19,20). The fourth-order valence-electron chi connectivity index (χ4n) is 2.98. The molecule has 1 aliphatic heterocycles. The van der Waals surface area contributed by atoms with Crippen LogP contribution in [0.4, 0.5) is 0 Å². The van der Waals surface area contributed by atoms with Gasteiger partial charge in [0.15, 0.2) is 5.96 Å². The van der Waals surface area contributed by atoms with Gasteiger partial charge in [-0.2, -0.15) is 0 Å². The summed E-state index contributed by atoms with van der Waals surface area (Å²) >= 11 is 0. The van der Waals surface area contributed by atoms with Crippen LogP contribution in [0, 0.1) is 5.41 Å². The van der Waals surface area contributed by atoms with E-state index >= 15 is 0 Å². The number of aliphatic imine (C=N–C) groups is 1. The Kier molecular flexibility index (Phi) is 9.52. The Balaban J connectivity index is 2.52. The number of rotatable bonds is 10. The van der Waals surface area contributed by atoms with Crippen molar-refractivity contribution in [1.29, 1.82) is 0 Å². The maximum atomic E-state index is 9.30. The quantitative estimate of drug-likeness (QED) is 0.413. The zero-order valence-corrected chi connectivity index (χ0v) is 15.4. The molecule has 1 saturated heterocycles. The van der Waals surface area contributed by atoms with E-state index in [0.29, 0.717) is 19.2 Å². The molecule has 23 heavy (non-hydrogen) atoms. The number of hydrogen-bond acceptors (Lipinski definition) is 4. The SMILES string of the molecule is CCNC(=NCC1(CCO)CCOC1)NCCN(CC)C(C)C. The summed E-state index contributed by atoms with van der Waals surface area (Å²) in [6.07, 6.45) is 1.74. The van der Waals surface area contributed by atoms with Gasteiger partial charge in [-0.1, -0.05) is 6.92 Å². The number of nitrogens with one attached hydrogen (secondary N) is 2. The molecule has 0 aromatic carbocycles. The highest BCUT2D eigenvalue weighted by atomic mass is 16.5. The first-order chi connectivity index (χ1) is 11.1. The Hall–Kier alpha value is -0.850. The highest BCUT2D eigenvalue weighted by molar-refractivity contribution is 5.79. The van der Waals surface area contributed by atoms with Crippen LogP contribution in [-0.4, -0.2) is 74.6 Å². The molecule has 0 radical (unpaired) electrons. The zero-order chi connectivity index (χ0) is 17.1. The highest BCUT2D eigenvalue weighted by Gasteiger charge is 2.34. The van der Waals surface area contributed by atoms with Gasteiger partial charge in [-0.3, -0.25) is 9.89 Å². The maximum Gasteiger partial charge on any atom is 0.191 e. The molecule has 1 rings (SSSR count). The van der Waals surface area contributed by atoms with Crippen LogP contribution in [0.1, 0.15) is 40.5 Å². The molecule has 0 amide bonds. The molecular formula is C17H36N4O2. The first-order valence-electron chi connectivity index (χ1n) is 9.01. The van der Waals surface area contributed by atoms with Crippen molar-refractivity contribution >= 4 is 5.96 Å². The van der Waals surface area contributed by atoms with Gasteiger partial charge in [0, 0.05) is 44.3 Å². The van der Waals surface area contributed by atoms with Crippen LogP contribution in [0.3, 0.4) is 0 Å². The molecule has 0 spiro atoms. The summed E-state index contributed by atoms with van der Waals surface area (Å²) in [7, 11) is 0. The van der Waals surface area contributed by atoms with Crippen LogP contribution in [0.2, 0.25) is 0 Å². The van der Waals surface area contributed by atoms with Crippen LogP contribution in [0.15, 0.2) is 4.99 Å². The third-order valence-electron chi connectivity index (χ3n) is 4.57. The molecule has 1 fully saturated rings. The van der Waals surface area contributed by atoms with Gasteiger partial charge in [-0.15, -0.1) is 0 Å². The Morgan fingerprint density at radius 2 is 2.13 bits per heavy atom. The molecule has 6 nitrogen and oxygen atoms in total. The van der Waals surface area contributed by atoms with Gasteiger partial charge in [-0.05, 0) is 40.2 Å². The first kappa shape index (κ1) is 20.2. The molecule has 1 unspecified atom stereocenters. The summed E-state index contributed by atoms with van der Waals surface area (Å²) in [6, 6.07) is 0.560. The second-order valence-electron chi connectivity index (χ2n) is 6.62. The predicted molar refractivity (Wildman–Crippen MR) is 95.9 cm³/mol. The molecule has 0 aromatic rings. The van der Waals surface area contributed by atoms with Crippen LogP contribution in [-0.2, 0) is 4.74 Å². The second kappa shape index (κ2) is 10.8. The Morgan fingerprint density at radius 3 is 2.65 bits per heavy atom. The largest absolute Gasteiger partial charge is 0.396 e. The first-order valence-corrected chi connectivity index (χ1v) is 9.01. The topological polar surface area (TPSA) is 69.1 Å². The lowest BCUT2D eigenvalue weighted by Crippen LogP contribution is -2.43. The van der Waals surface area contributed by atoms with E-state index in [0.717, 1.165) is 51.6 Å². The molecule has 1 atom stereocenters. The third kappa shape index (κ3) is 7.06. The van der Waals surface area contributed by atoms with Crippen LogP contribution < -0.4 is 10.6 Å². The van der Waals surface area contributed by atoms with Crippen molar-refractivity contribution in [3.8, 4) is 0 Å². The van der Waals surface area contributed by atoms with E-state index in [4.69, 9.17) is 9.73 Å². The van der Waals surface area contributed by atoms with E-state index in [2.05, 4.69) is 43.2 Å². The van der Waals surface area contributed by atoms with E-state index in [9.17, 15) is 5.11 Å². The molecule has 0 bridgehead atoms. The number of ether oxygens (including phenoxy) is 1. The van der Waals surface area contributed by atoms with E-state index in [1.165, 1.54) is 0 Å². The summed E-state index contributed by atoms with van der Waals surface area (Å²) < 4.78 is 5.53. The van der Waals surface area contributed by atoms with Crippen molar-refractivity contribution in [1.82, 2.24) is 15.5 Å². The number of aliphatic hydroxyl groups is 1. The molecule has 0 saturated carbocycles. The zero-order valence-electron chi connectivity index (χ0n) is 15.4. The number of guanidine groups is 1. The Bertz CT molecular complexity index is 341. The number of hydrogen-bond donors (Lipinski definition) is 3. The summed E-state index contributed by atoms with van der Waals surface area (Å²) in [4.78, 5) is 7.16. The lowest BCUT2D eigenvalue weighted by atomic mass is 9.84. The minimum absolute atomic E-state index is 0.00445. The molecule has 1 aliphatic rings. The van der Waals surface area contributed by atoms with Crippen molar-refractivity contribution in [3.63, 3.8) is 0 Å². The van der Waals surface area contributed by atoms with Gasteiger partial charge < -0.3 is 20.5 Å². The molecule has 0 aromatic heterocycles. The van der Waals surface area contributed by atoms with Gasteiger partial charge in [0.1, 0.15) is 0 Å². The highest BCUT2D eigenvalue weighted by Crippen LogP contribution is 2.32. The molecule has 3 N–H and O–H groups in total. The summed E-state index contributed by atoms with van der Waals surface area (Å²) in [5, 5.41) is 16.0. The molecule has 6 heteroatoms. The Labute approximate surface area is 141 Å². The Morgan fingerprint density at radius 1 is 1.35 bits per heavy atom. The van der Waals surface area contributed by atoms with Crippen LogP contribution >= 0.6 is 0 Å². The van der Waals surface area contributed by atoms with Gasteiger partial charge >= 0.3 is 0 Å². The maximum absolute atomic E-state index is 9.30. The van der Waals surface area contributed by atoms with Gasteiger partial charge in [0.05, 0.1) is 13.2 Å². The van der Waals surface area contributed by atoms with Crippen molar-refractivity contribution in [2.75, 3.05) is 52.5 Å². The summed E-state index contributed by atoms with van der Waals surface area (Å²) in [5.41, 5.74) is 0.00445. The van der Waals surface area contributed by atoms with Crippen molar-refractivity contribution in [2.45, 2.75) is 46.6 Å². The lowest BCUT2D eigenvalue weighted by molar-refractivity contribution is 0.131. The van der Waals surface area contributed by atoms with Crippen molar-refractivity contribution < 1.29 is 9.84 Å². The van der Waals surface area contributed by atoms with Gasteiger partial charge in [0.2, 0.25) is 0 Å². The van der Waals surface area contributed by atoms with E-state index in [1.54, 1.807) is 0 Å². The molecular weight excluding hydrogens is 292 g/mol. The lowest BCUT2D eigenvalue weighted by Gasteiger charge is -2.26. The summed E-state index contributed by atoms with van der Waals surface area (Å²) in [6.45, 7) is 14.9. The van der Waals surface area contributed by atoms with E-state index < -0.39 is 0 Å². The van der Waals surface area contributed by atoms with Gasteiger partial charge in [-0.25, -0.2) is 0 Å². The average Bonchev–Trinajstić information content (AvgIpc) is 2.98. The second-order valence-corrected chi connectivity index (χ2v) is 6.62. The monoisotopic (exact) mass is 328 g/mol.